The summed E-state index contributed by atoms with van der Waals surface area (Å²) in [6.07, 6.45) is 0. The summed E-state index contributed by atoms with van der Waals surface area (Å²) in [5.41, 5.74) is 2.52. The summed E-state index contributed by atoms with van der Waals surface area (Å²) < 4.78 is 20.8. The highest BCUT2D eigenvalue weighted by Crippen LogP contribution is 2.23. The summed E-state index contributed by atoms with van der Waals surface area (Å²) in [5, 5.41) is 11.9. The molecule has 0 aliphatic carbocycles. The number of amides is 1. The highest BCUT2D eigenvalue weighted by atomic mass is 32.2. The number of thioether (sulfide) groups is 1. The van der Waals surface area contributed by atoms with Crippen LogP contribution in [0.3, 0.4) is 0 Å². The monoisotopic (exact) mass is 448 g/mol. The molecule has 0 bridgehead atoms. The topological polar surface area (TPSA) is 69.0 Å². The van der Waals surface area contributed by atoms with E-state index in [1.54, 1.807) is 0 Å². The molecule has 1 aromatic heterocycles. The molecular formula is C24H21FN4O2S. The fourth-order valence-electron chi connectivity index (χ4n) is 3.04. The Morgan fingerprint density at radius 1 is 1.03 bits per heavy atom. The van der Waals surface area contributed by atoms with Crippen LogP contribution < -0.4 is 10.1 Å². The second-order valence-corrected chi connectivity index (χ2v) is 7.96. The van der Waals surface area contributed by atoms with Gasteiger partial charge in [-0.25, -0.2) is 4.39 Å². The Balaban J connectivity index is 1.48. The van der Waals surface area contributed by atoms with Crippen LogP contribution in [0.1, 0.15) is 11.4 Å². The number of ether oxygens (including phenoxy) is 1. The lowest BCUT2D eigenvalue weighted by molar-refractivity contribution is -0.113. The van der Waals surface area contributed by atoms with Crippen molar-refractivity contribution in [2.45, 2.75) is 18.7 Å². The summed E-state index contributed by atoms with van der Waals surface area (Å²) in [6, 6.07) is 23.1. The molecule has 0 aliphatic heterocycles. The van der Waals surface area contributed by atoms with Gasteiger partial charge in [0.2, 0.25) is 5.91 Å². The molecule has 32 heavy (non-hydrogen) atoms. The van der Waals surface area contributed by atoms with E-state index >= 15 is 0 Å². The van der Waals surface area contributed by atoms with E-state index in [4.69, 9.17) is 4.74 Å². The lowest BCUT2D eigenvalue weighted by Gasteiger charge is -2.11. The fourth-order valence-corrected chi connectivity index (χ4v) is 3.81. The molecule has 0 spiro atoms. The van der Waals surface area contributed by atoms with Crippen molar-refractivity contribution in [3.05, 3.63) is 96.1 Å². The Kier molecular flexibility index (Phi) is 6.81. The van der Waals surface area contributed by atoms with E-state index < -0.39 is 0 Å². The number of benzene rings is 3. The average molecular weight is 449 g/mol. The number of anilines is 1. The molecule has 1 amide bonds. The van der Waals surface area contributed by atoms with Crippen molar-refractivity contribution in [3.8, 4) is 11.4 Å². The van der Waals surface area contributed by atoms with Crippen LogP contribution in [0.25, 0.3) is 5.69 Å². The second kappa shape index (κ2) is 10.1. The Morgan fingerprint density at radius 3 is 2.56 bits per heavy atom. The van der Waals surface area contributed by atoms with E-state index in [9.17, 15) is 9.18 Å². The number of nitrogens with zero attached hydrogens (tertiary/aromatic N) is 3. The lowest BCUT2D eigenvalue weighted by atomic mass is 10.2. The molecule has 0 saturated heterocycles. The predicted octanol–water partition coefficient (Wildman–Crippen LogP) is 5.02. The number of carbonyl (C=O) groups is 1. The van der Waals surface area contributed by atoms with E-state index in [-0.39, 0.29) is 24.1 Å². The molecule has 0 unspecified atom stereocenters. The number of aryl methyl sites for hydroxylation is 1. The molecule has 4 aromatic rings. The molecule has 4 rings (SSSR count). The first-order valence-corrected chi connectivity index (χ1v) is 10.9. The molecule has 0 saturated carbocycles. The third-order valence-electron chi connectivity index (χ3n) is 4.53. The van der Waals surface area contributed by atoms with Gasteiger partial charge in [0.05, 0.1) is 5.75 Å². The van der Waals surface area contributed by atoms with E-state index in [1.807, 2.05) is 66.1 Å². The van der Waals surface area contributed by atoms with Gasteiger partial charge in [-0.2, -0.15) is 0 Å². The Labute approximate surface area is 189 Å². The Bertz CT molecular complexity index is 1200. The number of aromatic nitrogens is 3. The van der Waals surface area contributed by atoms with Crippen molar-refractivity contribution < 1.29 is 13.9 Å². The van der Waals surface area contributed by atoms with Gasteiger partial charge in [0.25, 0.3) is 0 Å². The van der Waals surface area contributed by atoms with Crippen LogP contribution in [-0.2, 0) is 11.4 Å². The lowest BCUT2D eigenvalue weighted by Crippen LogP contribution is -2.14. The number of para-hydroxylation sites is 1. The van der Waals surface area contributed by atoms with Crippen molar-refractivity contribution in [3.63, 3.8) is 0 Å². The minimum Gasteiger partial charge on any atom is -0.486 e. The number of rotatable bonds is 8. The number of carbonyl (C=O) groups excluding carboxylic acids is 1. The van der Waals surface area contributed by atoms with Gasteiger partial charge in [-0.15, -0.1) is 10.2 Å². The molecule has 1 heterocycles. The maximum Gasteiger partial charge on any atom is 0.234 e. The average Bonchev–Trinajstić information content (AvgIpc) is 3.21. The number of halogens is 1. The van der Waals surface area contributed by atoms with Gasteiger partial charge in [-0.1, -0.05) is 42.1 Å². The van der Waals surface area contributed by atoms with Crippen LogP contribution in [0, 0.1) is 12.7 Å². The third kappa shape index (κ3) is 5.53. The molecule has 8 heteroatoms. The van der Waals surface area contributed by atoms with Crippen molar-refractivity contribution >= 4 is 23.4 Å². The molecular weight excluding hydrogens is 427 g/mol. The van der Waals surface area contributed by atoms with E-state index in [1.165, 1.54) is 36.0 Å². The van der Waals surface area contributed by atoms with E-state index in [0.29, 0.717) is 16.7 Å². The van der Waals surface area contributed by atoms with Crippen LogP contribution in [-0.4, -0.2) is 26.4 Å². The fraction of sp³-hybridized carbons (Fsp3) is 0.125. The van der Waals surface area contributed by atoms with Crippen LogP contribution in [0.2, 0.25) is 0 Å². The maximum absolute atomic E-state index is 13.0. The highest BCUT2D eigenvalue weighted by molar-refractivity contribution is 7.99. The van der Waals surface area contributed by atoms with Crippen LogP contribution >= 0.6 is 11.8 Å². The third-order valence-corrected chi connectivity index (χ3v) is 5.46. The van der Waals surface area contributed by atoms with Crippen molar-refractivity contribution in [2.24, 2.45) is 0 Å². The molecule has 0 aliphatic rings. The molecule has 0 atom stereocenters. The highest BCUT2D eigenvalue weighted by Gasteiger charge is 2.16. The van der Waals surface area contributed by atoms with Gasteiger partial charge in [0.15, 0.2) is 11.0 Å². The van der Waals surface area contributed by atoms with Gasteiger partial charge in [0.1, 0.15) is 18.2 Å². The molecule has 6 nitrogen and oxygen atoms in total. The van der Waals surface area contributed by atoms with Crippen LogP contribution in [0.4, 0.5) is 10.1 Å². The summed E-state index contributed by atoms with van der Waals surface area (Å²) in [7, 11) is 0. The van der Waals surface area contributed by atoms with Gasteiger partial charge in [0, 0.05) is 11.4 Å². The molecule has 3 aromatic carbocycles. The van der Waals surface area contributed by atoms with Crippen LogP contribution in [0.15, 0.2) is 84.0 Å². The Morgan fingerprint density at radius 2 is 1.81 bits per heavy atom. The summed E-state index contributed by atoms with van der Waals surface area (Å²) >= 11 is 1.27. The van der Waals surface area contributed by atoms with Gasteiger partial charge in [-0.05, 0) is 61.0 Å². The number of hydrogen-bond donors (Lipinski definition) is 1. The van der Waals surface area contributed by atoms with Crippen LogP contribution in [0.5, 0.6) is 5.75 Å². The zero-order valence-electron chi connectivity index (χ0n) is 17.4. The van der Waals surface area contributed by atoms with Gasteiger partial charge < -0.3 is 10.1 Å². The smallest absolute Gasteiger partial charge is 0.234 e. The SMILES string of the molecule is Cc1cccc(OCc2nnc(SCC(=O)Nc3ccc(F)cc3)n2-c2ccccc2)c1. The van der Waals surface area contributed by atoms with Gasteiger partial charge >= 0.3 is 0 Å². The molecule has 0 radical (unpaired) electrons. The molecule has 0 fully saturated rings. The second-order valence-electron chi connectivity index (χ2n) is 7.02. The first kappa shape index (κ1) is 21.6. The molecule has 162 valence electrons. The van der Waals surface area contributed by atoms with Crippen molar-refractivity contribution in [1.82, 2.24) is 14.8 Å². The molecule has 1 N–H and O–H groups in total. The van der Waals surface area contributed by atoms with Gasteiger partial charge in [-0.3, -0.25) is 9.36 Å². The Hall–Kier alpha value is -3.65. The van der Waals surface area contributed by atoms with E-state index in [2.05, 4.69) is 15.5 Å². The first-order valence-electron chi connectivity index (χ1n) is 9.96. The quantitative estimate of drug-likeness (QED) is 0.383. The minimum absolute atomic E-state index is 0.126. The van der Waals surface area contributed by atoms with E-state index in [0.717, 1.165) is 17.0 Å². The summed E-state index contributed by atoms with van der Waals surface area (Å²) in [4.78, 5) is 12.4. The normalized spacial score (nSPS) is 10.7. The van der Waals surface area contributed by atoms with Crippen molar-refractivity contribution in [2.75, 3.05) is 11.1 Å². The number of hydrogen-bond acceptors (Lipinski definition) is 5. The van der Waals surface area contributed by atoms with Crippen molar-refractivity contribution in [1.29, 1.82) is 0 Å². The maximum atomic E-state index is 13.0. The predicted molar refractivity (Wildman–Crippen MR) is 123 cm³/mol. The standard InChI is InChI=1S/C24H21FN4O2S/c1-17-6-5-9-21(14-17)31-15-22-27-28-24(29(22)20-7-3-2-4-8-20)32-16-23(30)26-19-12-10-18(25)11-13-19/h2-14H,15-16H2,1H3,(H,26,30). The zero-order chi connectivity index (χ0) is 22.3. The largest absolute Gasteiger partial charge is 0.486 e. The summed E-state index contributed by atoms with van der Waals surface area (Å²) in [6.45, 7) is 2.23. The first-order chi connectivity index (χ1) is 15.6. The number of nitrogens with one attached hydrogen (secondary N) is 1. The minimum atomic E-state index is -0.353. The summed E-state index contributed by atoms with van der Waals surface area (Å²) in [5.74, 6) is 0.927. The zero-order valence-corrected chi connectivity index (χ0v) is 18.2.